The van der Waals surface area contributed by atoms with Gasteiger partial charge >= 0.3 is 6.01 Å². The van der Waals surface area contributed by atoms with Crippen LogP contribution in [0.4, 0.5) is 17.4 Å². The van der Waals surface area contributed by atoms with E-state index in [1.165, 1.54) is 23.5 Å². The Hall–Kier alpha value is -2.45. The molecule has 3 rings (SSSR count). The van der Waals surface area contributed by atoms with Gasteiger partial charge in [0, 0.05) is 11.8 Å². The number of halogens is 1. The molecule has 0 radical (unpaired) electrons. The molecule has 0 aliphatic heterocycles. The van der Waals surface area contributed by atoms with E-state index in [1.54, 1.807) is 6.07 Å². The zero-order chi connectivity index (χ0) is 14.8. The number of hydrogen-bond acceptors (Lipinski definition) is 7. The Morgan fingerprint density at radius 3 is 2.90 bits per heavy atom. The fourth-order valence-corrected chi connectivity index (χ4v) is 2.46. The third-order valence-electron chi connectivity index (χ3n) is 2.55. The van der Waals surface area contributed by atoms with Crippen LogP contribution >= 0.6 is 22.9 Å². The first kappa shape index (κ1) is 13.5. The molecule has 0 aliphatic carbocycles. The second-order valence-electron chi connectivity index (χ2n) is 3.94. The van der Waals surface area contributed by atoms with Gasteiger partial charge in [-0.2, -0.15) is 0 Å². The minimum Gasteiger partial charge on any atom is -0.402 e. The fraction of sp³-hybridized carbons (Fsp3) is 0. The lowest BCUT2D eigenvalue weighted by Crippen LogP contribution is -1.94. The van der Waals surface area contributed by atoms with Crippen LogP contribution in [0.1, 0.15) is 0 Å². The average molecular weight is 323 g/mol. The Morgan fingerprint density at radius 1 is 1.33 bits per heavy atom. The predicted molar refractivity (Wildman–Crippen MR) is 79.0 cm³/mol. The summed E-state index contributed by atoms with van der Waals surface area (Å²) in [6.45, 7) is 0. The van der Waals surface area contributed by atoms with Crippen LogP contribution < -0.4 is 5.32 Å². The van der Waals surface area contributed by atoms with E-state index in [2.05, 4.69) is 15.5 Å². The first-order chi connectivity index (χ1) is 10.1. The number of anilines is 2. The SMILES string of the molecule is O=[N+]([O-])c1cc(Nc2nnc(-c3cccs3)o2)ccc1Cl. The second-order valence-corrected chi connectivity index (χ2v) is 5.29. The van der Waals surface area contributed by atoms with Gasteiger partial charge in [-0.25, -0.2) is 0 Å². The van der Waals surface area contributed by atoms with E-state index in [0.29, 0.717) is 11.6 Å². The Bertz CT molecular complexity index is 788. The topological polar surface area (TPSA) is 94.1 Å². The standard InChI is InChI=1S/C12H7ClN4O3S/c13-8-4-3-7(6-9(8)17(18)19)14-12-16-15-11(20-12)10-2-1-5-21-10/h1-6H,(H,14,16). The monoisotopic (exact) mass is 322 g/mol. The molecule has 1 aromatic carbocycles. The van der Waals surface area contributed by atoms with Crippen molar-refractivity contribution in [1.82, 2.24) is 10.2 Å². The Kier molecular flexibility index (Phi) is 3.55. The van der Waals surface area contributed by atoms with Gasteiger partial charge in [-0.1, -0.05) is 22.8 Å². The lowest BCUT2D eigenvalue weighted by molar-refractivity contribution is -0.384. The maximum Gasteiger partial charge on any atom is 0.320 e. The van der Waals surface area contributed by atoms with Crippen LogP contribution in [-0.4, -0.2) is 15.1 Å². The normalized spacial score (nSPS) is 10.5. The molecule has 0 bridgehead atoms. The van der Waals surface area contributed by atoms with Crippen molar-refractivity contribution < 1.29 is 9.34 Å². The van der Waals surface area contributed by atoms with Crippen molar-refractivity contribution in [3.05, 3.63) is 50.8 Å². The third kappa shape index (κ3) is 2.86. The maximum atomic E-state index is 10.8. The Labute approximate surface area is 127 Å². The summed E-state index contributed by atoms with van der Waals surface area (Å²) in [5.74, 6) is 0.385. The van der Waals surface area contributed by atoms with Crippen LogP contribution in [0.3, 0.4) is 0 Å². The maximum absolute atomic E-state index is 10.8. The summed E-state index contributed by atoms with van der Waals surface area (Å²) < 4.78 is 5.44. The smallest absolute Gasteiger partial charge is 0.320 e. The van der Waals surface area contributed by atoms with Crippen molar-refractivity contribution >= 4 is 40.3 Å². The van der Waals surface area contributed by atoms with Crippen LogP contribution in [0, 0.1) is 10.1 Å². The molecule has 1 N–H and O–H groups in total. The highest BCUT2D eigenvalue weighted by molar-refractivity contribution is 7.13. The quantitative estimate of drug-likeness (QED) is 0.574. The number of thiophene rings is 1. The van der Waals surface area contributed by atoms with E-state index in [-0.39, 0.29) is 16.7 Å². The predicted octanol–water partition coefficient (Wildman–Crippen LogP) is 4.10. The van der Waals surface area contributed by atoms with Gasteiger partial charge < -0.3 is 9.73 Å². The summed E-state index contributed by atoms with van der Waals surface area (Å²) in [6.07, 6.45) is 0. The van der Waals surface area contributed by atoms with Crippen LogP contribution in [0.25, 0.3) is 10.8 Å². The summed E-state index contributed by atoms with van der Waals surface area (Å²) in [4.78, 5) is 11.1. The molecule has 0 aliphatic rings. The molecule has 0 saturated heterocycles. The highest BCUT2D eigenvalue weighted by Crippen LogP contribution is 2.30. The minimum absolute atomic E-state index is 0.0651. The van der Waals surface area contributed by atoms with E-state index < -0.39 is 4.92 Å². The zero-order valence-electron chi connectivity index (χ0n) is 10.3. The molecule has 0 saturated carbocycles. The molecule has 0 fully saturated rings. The van der Waals surface area contributed by atoms with Crippen LogP contribution in [0.15, 0.2) is 40.1 Å². The van der Waals surface area contributed by atoms with Gasteiger partial charge in [0.25, 0.3) is 11.6 Å². The molecule has 0 unspecified atom stereocenters. The zero-order valence-corrected chi connectivity index (χ0v) is 11.9. The molecule has 0 amide bonds. The molecule has 0 spiro atoms. The van der Waals surface area contributed by atoms with Gasteiger partial charge in [0.2, 0.25) is 0 Å². The summed E-state index contributed by atoms with van der Waals surface area (Å²) in [5, 5.41) is 23.3. The summed E-state index contributed by atoms with van der Waals surface area (Å²) in [5.41, 5.74) is 0.243. The van der Waals surface area contributed by atoms with Gasteiger partial charge in [-0.05, 0) is 23.6 Å². The first-order valence-corrected chi connectivity index (χ1v) is 6.97. The average Bonchev–Trinajstić information content (AvgIpc) is 3.11. The van der Waals surface area contributed by atoms with E-state index in [4.69, 9.17) is 16.0 Å². The van der Waals surface area contributed by atoms with Gasteiger partial charge in [0.15, 0.2) is 0 Å². The molecular weight excluding hydrogens is 316 g/mol. The van der Waals surface area contributed by atoms with Gasteiger partial charge in [-0.3, -0.25) is 10.1 Å². The molecule has 2 heterocycles. The van der Waals surface area contributed by atoms with Gasteiger partial charge in [0.1, 0.15) is 5.02 Å². The summed E-state index contributed by atoms with van der Waals surface area (Å²) in [6, 6.07) is 8.20. The first-order valence-electron chi connectivity index (χ1n) is 5.72. The van der Waals surface area contributed by atoms with Crippen molar-refractivity contribution in [1.29, 1.82) is 0 Å². The van der Waals surface area contributed by atoms with Crippen molar-refractivity contribution in [2.45, 2.75) is 0 Å². The number of aromatic nitrogens is 2. The lowest BCUT2D eigenvalue weighted by atomic mass is 10.3. The molecule has 9 heteroatoms. The largest absolute Gasteiger partial charge is 0.402 e. The lowest BCUT2D eigenvalue weighted by Gasteiger charge is -2.01. The molecule has 0 atom stereocenters. The Balaban J connectivity index is 1.84. The van der Waals surface area contributed by atoms with E-state index in [9.17, 15) is 10.1 Å². The van der Waals surface area contributed by atoms with Crippen molar-refractivity contribution in [3.8, 4) is 10.8 Å². The minimum atomic E-state index is -0.557. The highest BCUT2D eigenvalue weighted by atomic mass is 35.5. The van der Waals surface area contributed by atoms with E-state index in [1.807, 2.05) is 17.5 Å². The number of nitrogens with zero attached hydrogens (tertiary/aromatic N) is 3. The van der Waals surface area contributed by atoms with Crippen LogP contribution in [0.2, 0.25) is 5.02 Å². The molecule has 7 nitrogen and oxygen atoms in total. The number of nitro benzene ring substituents is 1. The summed E-state index contributed by atoms with van der Waals surface area (Å²) >= 11 is 7.22. The molecule has 2 aromatic heterocycles. The molecule has 106 valence electrons. The second kappa shape index (κ2) is 5.51. The number of rotatable bonds is 4. The van der Waals surface area contributed by atoms with Crippen molar-refractivity contribution in [3.63, 3.8) is 0 Å². The highest BCUT2D eigenvalue weighted by Gasteiger charge is 2.14. The number of nitro groups is 1. The van der Waals surface area contributed by atoms with Gasteiger partial charge in [0.05, 0.1) is 9.80 Å². The summed E-state index contributed by atoms with van der Waals surface area (Å²) in [7, 11) is 0. The number of nitrogens with one attached hydrogen (secondary N) is 1. The van der Waals surface area contributed by atoms with E-state index in [0.717, 1.165) is 4.88 Å². The number of hydrogen-bond donors (Lipinski definition) is 1. The van der Waals surface area contributed by atoms with Gasteiger partial charge in [-0.15, -0.1) is 16.4 Å². The number of benzene rings is 1. The molecular formula is C12H7ClN4O3S. The van der Waals surface area contributed by atoms with Crippen molar-refractivity contribution in [2.75, 3.05) is 5.32 Å². The Morgan fingerprint density at radius 2 is 2.19 bits per heavy atom. The van der Waals surface area contributed by atoms with Crippen molar-refractivity contribution in [2.24, 2.45) is 0 Å². The molecule has 21 heavy (non-hydrogen) atoms. The fourth-order valence-electron chi connectivity index (χ4n) is 1.63. The van der Waals surface area contributed by atoms with Crippen LogP contribution in [0.5, 0.6) is 0 Å². The van der Waals surface area contributed by atoms with Crippen LogP contribution in [-0.2, 0) is 0 Å². The van der Waals surface area contributed by atoms with E-state index >= 15 is 0 Å². The molecule has 3 aromatic rings. The third-order valence-corrected chi connectivity index (χ3v) is 3.73.